The zero-order valence-corrected chi connectivity index (χ0v) is 15.1. The van der Waals surface area contributed by atoms with Crippen molar-refractivity contribution in [1.29, 1.82) is 0 Å². The average Bonchev–Trinajstić information content (AvgIpc) is 3.16. The van der Waals surface area contributed by atoms with Crippen LogP contribution in [0.3, 0.4) is 0 Å². The van der Waals surface area contributed by atoms with Gasteiger partial charge in [-0.1, -0.05) is 18.9 Å². The highest BCUT2D eigenvalue weighted by molar-refractivity contribution is 7.99. The number of aromatic nitrogens is 3. The standard InChI is InChI=1S/C16H16N4O2S2/c1-9(2)24-12-6-4-11(5-7-12)14(21)18-16-20-19-15(22-16)13-8-23-10(3)17-13/h4-9H,1-3H3,(H,18,20,21). The lowest BCUT2D eigenvalue weighted by Crippen LogP contribution is -2.11. The molecule has 3 aromatic rings. The number of hydrogen-bond acceptors (Lipinski definition) is 7. The maximum absolute atomic E-state index is 12.2. The molecule has 0 atom stereocenters. The summed E-state index contributed by atoms with van der Waals surface area (Å²) < 4.78 is 5.44. The SMILES string of the molecule is Cc1nc(-c2nnc(NC(=O)c3ccc(SC(C)C)cc3)o2)cs1. The van der Waals surface area contributed by atoms with Gasteiger partial charge in [0.05, 0.1) is 5.01 Å². The molecule has 0 spiro atoms. The summed E-state index contributed by atoms with van der Waals surface area (Å²) in [4.78, 5) is 17.6. The van der Waals surface area contributed by atoms with Crippen molar-refractivity contribution in [2.24, 2.45) is 0 Å². The molecule has 1 N–H and O–H groups in total. The normalized spacial score (nSPS) is 11.0. The van der Waals surface area contributed by atoms with Crippen LogP contribution in [0.5, 0.6) is 0 Å². The second-order valence-corrected chi connectivity index (χ2v) is 8.02. The van der Waals surface area contributed by atoms with E-state index in [9.17, 15) is 4.79 Å². The molecule has 124 valence electrons. The van der Waals surface area contributed by atoms with Crippen LogP contribution in [0.1, 0.15) is 29.2 Å². The first kappa shape index (κ1) is 16.7. The molecule has 24 heavy (non-hydrogen) atoms. The van der Waals surface area contributed by atoms with Crippen LogP contribution < -0.4 is 5.32 Å². The van der Waals surface area contributed by atoms with Gasteiger partial charge >= 0.3 is 6.01 Å². The van der Waals surface area contributed by atoms with E-state index in [1.807, 2.05) is 24.4 Å². The fraction of sp³-hybridized carbons (Fsp3) is 0.250. The van der Waals surface area contributed by atoms with Crippen molar-refractivity contribution in [3.63, 3.8) is 0 Å². The van der Waals surface area contributed by atoms with Crippen LogP contribution in [0.4, 0.5) is 6.01 Å². The Morgan fingerprint density at radius 3 is 2.62 bits per heavy atom. The van der Waals surface area contributed by atoms with Crippen LogP contribution in [0.2, 0.25) is 0 Å². The number of hydrogen-bond donors (Lipinski definition) is 1. The quantitative estimate of drug-likeness (QED) is 0.685. The van der Waals surface area contributed by atoms with Crippen LogP contribution in [0.15, 0.2) is 39.0 Å². The van der Waals surface area contributed by atoms with Gasteiger partial charge in [-0.05, 0) is 31.2 Å². The highest BCUT2D eigenvalue weighted by Crippen LogP contribution is 2.24. The highest BCUT2D eigenvalue weighted by atomic mass is 32.2. The number of thioether (sulfide) groups is 1. The van der Waals surface area contributed by atoms with Gasteiger partial charge < -0.3 is 4.42 Å². The third-order valence-electron chi connectivity index (χ3n) is 2.97. The minimum absolute atomic E-state index is 0.0567. The summed E-state index contributed by atoms with van der Waals surface area (Å²) in [6.07, 6.45) is 0. The molecule has 0 fully saturated rings. The number of aryl methyl sites for hydroxylation is 1. The van der Waals surface area contributed by atoms with Crippen LogP contribution >= 0.6 is 23.1 Å². The van der Waals surface area contributed by atoms with Crippen LogP contribution in [0, 0.1) is 6.92 Å². The molecule has 0 aliphatic carbocycles. The largest absolute Gasteiger partial charge is 0.401 e. The molecule has 0 aliphatic heterocycles. The van der Waals surface area contributed by atoms with E-state index in [0.29, 0.717) is 22.4 Å². The van der Waals surface area contributed by atoms with E-state index in [2.05, 4.69) is 34.3 Å². The monoisotopic (exact) mass is 360 g/mol. The summed E-state index contributed by atoms with van der Waals surface area (Å²) in [5, 5.41) is 13.6. The van der Waals surface area contributed by atoms with Crippen LogP contribution in [0.25, 0.3) is 11.6 Å². The molecule has 8 heteroatoms. The first-order chi connectivity index (χ1) is 11.5. The van der Waals surface area contributed by atoms with Crippen LogP contribution in [-0.4, -0.2) is 26.3 Å². The molecule has 0 aliphatic rings. The van der Waals surface area contributed by atoms with Gasteiger partial charge in [0, 0.05) is 21.1 Å². The Morgan fingerprint density at radius 2 is 2.00 bits per heavy atom. The minimum Gasteiger partial charge on any atom is -0.401 e. The van der Waals surface area contributed by atoms with Gasteiger partial charge in [0.25, 0.3) is 11.8 Å². The third kappa shape index (κ3) is 4.01. The second-order valence-electron chi connectivity index (χ2n) is 5.31. The number of carbonyl (C=O) groups is 1. The molecule has 1 aromatic carbocycles. The van der Waals surface area contributed by atoms with Crippen molar-refractivity contribution >= 4 is 35.0 Å². The number of nitrogens with zero attached hydrogens (tertiary/aromatic N) is 3. The highest BCUT2D eigenvalue weighted by Gasteiger charge is 2.14. The van der Waals surface area contributed by atoms with E-state index in [0.717, 1.165) is 9.90 Å². The molecule has 6 nitrogen and oxygen atoms in total. The Balaban J connectivity index is 1.67. The molecule has 1 amide bonds. The average molecular weight is 360 g/mol. The number of benzene rings is 1. The van der Waals surface area contributed by atoms with Gasteiger partial charge in [0.15, 0.2) is 0 Å². The van der Waals surface area contributed by atoms with Gasteiger partial charge in [-0.2, -0.15) is 0 Å². The molecular formula is C16H16N4O2S2. The van der Waals surface area contributed by atoms with E-state index in [1.54, 1.807) is 23.9 Å². The maximum Gasteiger partial charge on any atom is 0.322 e. The molecular weight excluding hydrogens is 344 g/mol. The fourth-order valence-electron chi connectivity index (χ4n) is 1.97. The summed E-state index contributed by atoms with van der Waals surface area (Å²) in [5.74, 6) is -0.000846. The van der Waals surface area contributed by atoms with E-state index in [4.69, 9.17) is 4.42 Å². The lowest BCUT2D eigenvalue weighted by Gasteiger charge is -2.05. The third-order valence-corrected chi connectivity index (χ3v) is 4.76. The summed E-state index contributed by atoms with van der Waals surface area (Å²) in [5.41, 5.74) is 1.15. The van der Waals surface area contributed by atoms with Crippen molar-refractivity contribution < 1.29 is 9.21 Å². The summed E-state index contributed by atoms with van der Waals surface area (Å²) in [6, 6.07) is 7.47. The van der Waals surface area contributed by atoms with Crippen LogP contribution in [-0.2, 0) is 0 Å². The first-order valence-corrected chi connectivity index (χ1v) is 9.11. The van der Waals surface area contributed by atoms with Gasteiger partial charge in [-0.3, -0.25) is 10.1 Å². The van der Waals surface area contributed by atoms with Crippen molar-refractivity contribution in [2.45, 2.75) is 30.9 Å². The molecule has 2 aromatic heterocycles. The molecule has 0 saturated carbocycles. The lowest BCUT2D eigenvalue weighted by molar-refractivity contribution is 0.102. The number of nitrogens with one attached hydrogen (secondary N) is 1. The number of rotatable bonds is 5. The lowest BCUT2D eigenvalue weighted by atomic mass is 10.2. The van der Waals surface area contributed by atoms with Crippen molar-refractivity contribution in [2.75, 3.05) is 5.32 Å². The van der Waals surface area contributed by atoms with E-state index in [-0.39, 0.29) is 11.9 Å². The molecule has 2 heterocycles. The summed E-state index contributed by atoms with van der Waals surface area (Å²) >= 11 is 3.24. The van der Waals surface area contributed by atoms with Gasteiger partial charge in [0.1, 0.15) is 5.69 Å². The number of anilines is 1. The Morgan fingerprint density at radius 1 is 1.25 bits per heavy atom. The molecule has 0 bridgehead atoms. The van der Waals surface area contributed by atoms with E-state index < -0.39 is 0 Å². The maximum atomic E-state index is 12.2. The molecule has 0 unspecified atom stereocenters. The first-order valence-electron chi connectivity index (χ1n) is 7.35. The summed E-state index contributed by atoms with van der Waals surface area (Å²) in [7, 11) is 0. The Labute approximate surface area is 147 Å². The Kier molecular flexibility index (Phi) is 4.96. The zero-order chi connectivity index (χ0) is 17.1. The Bertz CT molecular complexity index is 840. The van der Waals surface area contributed by atoms with Gasteiger partial charge in [-0.15, -0.1) is 28.2 Å². The van der Waals surface area contributed by atoms with E-state index in [1.165, 1.54) is 11.3 Å². The van der Waals surface area contributed by atoms with Crippen molar-refractivity contribution in [3.05, 3.63) is 40.2 Å². The number of amides is 1. The van der Waals surface area contributed by atoms with Crippen molar-refractivity contribution in [1.82, 2.24) is 15.2 Å². The second kappa shape index (κ2) is 7.14. The molecule has 0 radical (unpaired) electrons. The topological polar surface area (TPSA) is 80.9 Å². The number of carbonyl (C=O) groups excluding carboxylic acids is 1. The van der Waals surface area contributed by atoms with Crippen molar-refractivity contribution in [3.8, 4) is 11.6 Å². The minimum atomic E-state index is -0.291. The van der Waals surface area contributed by atoms with E-state index >= 15 is 0 Å². The molecule has 0 saturated heterocycles. The summed E-state index contributed by atoms with van der Waals surface area (Å²) in [6.45, 7) is 6.15. The number of thiazole rings is 1. The predicted molar refractivity (Wildman–Crippen MR) is 95.5 cm³/mol. The van der Waals surface area contributed by atoms with Gasteiger partial charge in [0.2, 0.25) is 0 Å². The zero-order valence-electron chi connectivity index (χ0n) is 13.4. The smallest absolute Gasteiger partial charge is 0.322 e. The molecule has 3 rings (SSSR count). The van der Waals surface area contributed by atoms with Gasteiger partial charge in [-0.25, -0.2) is 4.98 Å². The Hall–Kier alpha value is -2.19. The predicted octanol–water partition coefficient (Wildman–Crippen LogP) is 4.25. The fourth-order valence-corrected chi connectivity index (χ4v) is 3.39.